The molecule has 0 amide bonds. The number of nitrogens with one attached hydrogen (secondary N) is 1. The van der Waals surface area contributed by atoms with Crippen molar-refractivity contribution in [3.05, 3.63) is 30.1 Å². The van der Waals surface area contributed by atoms with Crippen LogP contribution in [0, 0.1) is 0 Å². The van der Waals surface area contributed by atoms with Crippen molar-refractivity contribution in [2.45, 2.75) is 32.4 Å². The Kier molecular flexibility index (Phi) is 2.32. The van der Waals surface area contributed by atoms with E-state index in [4.69, 9.17) is 0 Å². The highest BCUT2D eigenvalue weighted by molar-refractivity contribution is 5.13. The van der Waals surface area contributed by atoms with E-state index in [1.807, 2.05) is 0 Å². The molecule has 1 aliphatic heterocycles. The Morgan fingerprint density at radius 1 is 1.54 bits per heavy atom. The third kappa shape index (κ3) is 1.73. The molecule has 1 unspecified atom stereocenters. The molecule has 70 valence electrons. The van der Waals surface area contributed by atoms with Gasteiger partial charge in [-0.3, -0.25) is 0 Å². The zero-order chi connectivity index (χ0) is 9.26. The van der Waals surface area contributed by atoms with Crippen LogP contribution in [0.1, 0.15) is 37.9 Å². The van der Waals surface area contributed by atoms with Crippen LogP contribution in [0.3, 0.4) is 0 Å². The second kappa shape index (κ2) is 3.46. The summed E-state index contributed by atoms with van der Waals surface area (Å²) in [7, 11) is 0. The smallest absolute Gasteiger partial charge is 0.173 e. The van der Waals surface area contributed by atoms with Gasteiger partial charge in [0.2, 0.25) is 0 Å². The largest absolute Gasteiger partial charge is 0.310 e. The standard InChI is InChI=1S/C11H17N2/c1-9(2)13-7-3-4-10(8-13)11-5-6-12-11/h3-4,7-9,11-12H,5-6H2,1-2H3/q+1. The molecule has 1 N–H and O–H groups in total. The predicted molar refractivity (Wildman–Crippen MR) is 52.4 cm³/mol. The summed E-state index contributed by atoms with van der Waals surface area (Å²) in [5.41, 5.74) is 1.42. The molecule has 2 heteroatoms. The molecule has 2 rings (SSSR count). The average molecular weight is 177 g/mol. The van der Waals surface area contributed by atoms with Gasteiger partial charge in [0.15, 0.2) is 18.4 Å². The summed E-state index contributed by atoms with van der Waals surface area (Å²) in [6.45, 7) is 5.58. The maximum absolute atomic E-state index is 3.41. The van der Waals surface area contributed by atoms with Gasteiger partial charge in [-0.2, -0.15) is 0 Å². The first kappa shape index (κ1) is 8.70. The lowest BCUT2D eigenvalue weighted by Crippen LogP contribution is -2.40. The van der Waals surface area contributed by atoms with E-state index in [0.29, 0.717) is 12.1 Å². The summed E-state index contributed by atoms with van der Waals surface area (Å²) < 4.78 is 2.26. The second-order valence-corrected chi connectivity index (χ2v) is 3.97. The van der Waals surface area contributed by atoms with Crippen molar-refractivity contribution in [1.82, 2.24) is 5.32 Å². The number of nitrogens with zero attached hydrogens (tertiary/aromatic N) is 1. The molecular formula is C11H17N2+. The van der Waals surface area contributed by atoms with E-state index in [2.05, 4.69) is 48.3 Å². The molecule has 0 bridgehead atoms. The normalized spacial score (nSPS) is 21.6. The van der Waals surface area contributed by atoms with E-state index in [1.165, 1.54) is 18.5 Å². The monoisotopic (exact) mass is 177 g/mol. The fourth-order valence-electron chi connectivity index (χ4n) is 1.61. The summed E-state index contributed by atoms with van der Waals surface area (Å²) in [6, 6.07) is 5.50. The molecule has 1 fully saturated rings. The number of rotatable bonds is 2. The van der Waals surface area contributed by atoms with Gasteiger partial charge in [0, 0.05) is 17.7 Å². The summed E-state index contributed by atoms with van der Waals surface area (Å²) in [5.74, 6) is 0. The molecule has 1 atom stereocenters. The van der Waals surface area contributed by atoms with E-state index in [9.17, 15) is 0 Å². The lowest BCUT2D eigenvalue weighted by atomic mass is 10.00. The van der Waals surface area contributed by atoms with Gasteiger partial charge in [0.05, 0.1) is 0 Å². The zero-order valence-electron chi connectivity index (χ0n) is 8.33. The van der Waals surface area contributed by atoms with Crippen LogP contribution in [0.2, 0.25) is 0 Å². The highest BCUT2D eigenvalue weighted by Crippen LogP contribution is 2.20. The summed E-state index contributed by atoms with van der Waals surface area (Å²) in [5, 5.41) is 3.41. The number of aromatic nitrogens is 1. The Bertz CT molecular complexity index is 290. The number of pyridine rings is 1. The molecule has 1 saturated heterocycles. The molecule has 0 spiro atoms. The molecule has 0 aromatic carbocycles. The van der Waals surface area contributed by atoms with Crippen molar-refractivity contribution in [3.8, 4) is 0 Å². The quantitative estimate of drug-likeness (QED) is 0.678. The van der Waals surface area contributed by atoms with Gasteiger partial charge in [-0.05, 0) is 32.9 Å². The number of hydrogen-bond donors (Lipinski definition) is 1. The second-order valence-electron chi connectivity index (χ2n) is 3.97. The van der Waals surface area contributed by atoms with Crippen molar-refractivity contribution in [3.63, 3.8) is 0 Å². The molecule has 2 heterocycles. The van der Waals surface area contributed by atoms with Gasteiger partial charge < -0.3 is 5.32 Å². The Hall–Kier alpha value is -0.890. The van der Waals surface area contributed by atoms with E-state index >= 15 is 0 Å². The van der Waals surface area contributed by atoms with Crippen LogP contribution >= 0.6 is 0 Å². The topological polar surface area (TPSA) is 15.9 Å². The molecule has 0 radical (unpaired) electrons. The lowest BCUT2D eigenvalue weighted by Gasteiger charge is -2.26. The molecule has 0 aliphatic carbocycles. The van der Waals surface area contributed by atoms with Crippen LogP contribution in [-0.2, 0) is 0 Å². The Labute approximate surface area is 79.6 Å². The van der Waals surface area contributed by atoms with Gasteiger partial charge >= 0.3 is 0 Å². The van der Waals surface area contributed by atoms with E-state index < -0.39 is 0 Å². The Balaban J connectivity index is 2.21. The Morgan fingerprint density at radius 3 is 2.85 bits per heavy atom. The fraction of sp³-hybridized carbons (Fsp3) is 0.545. The third-order valence-corrected chi connectivity index (χ3v) is 2.67. The van der Waals surface area contributed by atoms with Crippen LogP contribution in [0.5, 0.6) is 0 Å². The van der Waals surface area contributed by atoms with Gasteiger partial charge in [-0.25, -0.2) is 4.57 Å². The van der Waals surface area contributed by atoms with Crippen LogP contribution in [-0.4, -0.2) is 6.54 Å². The summed E-state index contributed by atoms with van der Waals surface area (Å²) >= 11 is 0. The van der Waals surface area contributed by atoms with Crippen molar-refractivity contribution in [1.29, 1.82) is 0 Å². The zero-order valence-corrected chi connectivity index (χ0v) is 8.33. The van der Waals surface area contributed by atoms with E-state index in [-0.39, 0.29) is 0 Å². The van der Waals surface area contributed by atoms with Crippen molar-refractivity contribution in [2.75, 3.05) is 6.54 Å². The lowest BCUT2D eigenvalue weighted by molar-refractivity contribution is -0.716. The summed E-state index contributed by atoms with van der Waals surface area (Å²) in [6.07, 6.45) is 5.66. The molecular weight excluding hydrogens is 160 g/mol. The molecule has 1 aromatic heterocycles. The minimum absolute atomic E-state index is 0.556. The van der Waals surface area contributed by atoms with Crippen LogP contribution in [0.25, 0.3) is 0 Å². The molecule has 2 nitrogen and oxygen atoms in total. The van der Waals surface area contributed by atoms with Gasteiger partial charge in [0.25, 0.3) is 0 Å². The van der Waals surface area contributed by atoms with Crippen LogP contribution < -0.4 is 9.88 Å². The summed E-state index contributed by atoms with van der Waals surface area (Å²) in [4.78, 5) is 0. The SMILES string of the molecule is CC(C)[n+]1cccc(C2CCN2)c1. The highest BCUT2D eigenvalue weighted by Gasteiger charge is 2.20. The first-order valence-electron chi connectivity index (χ1n) is 5.01. The van der Waals surface area contributed by atoms with Crippen molar-refractivity contribution in [2.24, 2.45) is 0 Å². The first-order valence-corrected chi connectivity index (χ1v) is 5.01. The maximum atomic E-state index is 3.41. The van der Waals surface area contributed by atoms with Crippen LogP contribution in [0.4, 0.5) is 0 Å². The van der Waals surface area contributed by atoms with Crippen molar-refractivity contribution < 1.29 is 4.57 Å². The van der Waals surface area contributed by atoms with Gasteiger partial charge in [-0.15, -0.1) is 0 Å². The van der Waals surface area contributed by atoms with Crippen LogP contribution in [0.15, 0.2) is 24.5 Å². The molecule has 0 saturated carbocycles. The highest BCUT2D eigenvalue weighted by atomic mass is 15.0. The van der Waals surface area contributed by atoms with Gasteiger partial charge in [0.1, 0.15) is 0 Å². The van der Waals surface area contributed by atoms with E-state index in [1.54, 1.807) is 0 Å². The maximum Gasteiger partial charge on any atom is 0.173 e. The number of hydrogen-bond acceptors (Lipinski definition) is 1. The fourth-order valence-corrected chi connectivity index (χ4v) is 1.61. The van der Waals surface area contributed by atoms with E-state index in [0.717, 1.165) is 0 Å². The molecule has 1 aliphatic rings. The average Bonchev–Trinajstić information content (AvgIpc) is 2.01. The van der Waals surface area contributed by atoms with Gasteiger partial charge in [-0.1, -0.05) is 0 Å². The Morgan fingerprint density at radius 2 is 2.31 bits per heavy atom. The minimum atomic E-state index is 0.556. The predicted octanol–water partition coefficient (Wildman–Crippen LogP) is 1.59. The molecule has 1 aromatic rings. The first-order chi connectivity index (χ1) is 6.27. The molecule has 13 heavy (non-hydrogen) atoms. The van der Waals surface area contributed by atoms with Crippen molar-refractivity contribution >= 4 is 0 Å². The minimum Gasteiger partial charge on any atom is -0.310 e. The third-order valence-electron chi connectivity index (χ3n) is 2.67.